The zero-order valence-electron chi connectivity index (χ0n) is 14.6. The fourth-order valence-electron chi connectivity index (χ4n) is 2.56. The number of aromatic nitrogens is 2. The predicted molar refractivity (Wildman–Crippen MR) is 101 cm³/mol. The number of hydrogen-bond donors (Lipinski definition) is 2. The summed E-state index contributed by atoms with van der Waals surface area (Å²) in [5.74, 6) is 0.480. The van der Waals surface area contributed by atoms with E-state index in [9.17, 15) is 4.79 Å². The second-order valence-electron chi connectivity index (χ2n) is 5.82. The fraction of sp³-hybridized carbons (Fsp3) is 0.150. The molecule has 0 aliphatic rings. The quantitative estimate of drug-likeness (QED) is 0.739. The summed E-state index contributed by atoms with van der Waals surface area (Å²) in [6, 6.07) is 16.9. The SMILES string of the molecule is COc1ccc(-c2cnc(N)c(C(=O)N[C@H](C)c3ccccc3)n2)cc1. The number of nitrogens with zero attached hydrogens (tertiary/aromatic N) is 2. The Hall–Kier alpha value is -3.41. The van der Waals surface area contributed by atoms with Crippen molar-refractivity contribution in [2.45, 2.75) is 13.0 Å². The summed E-state index contributed by atoms with van der Waals surface area (Å²) in [4.78, 5) is 21.1. The number of nitrogens with one attached hydrogen (secondary N) is 1. The number of benzene rings is 2. The first-order valence-electron chi connectivity index (χ1n) is 8.21. The molecular formula is C20H20N4O2. The lowest BCUT2D eigenvalue weighted by molar-refractivity contribution is 0.0935. The molecule has 3 N–H and O–H groups in total. The van der Waals surface area contributed by atoms with Gasteiger partial charge in [-0.25, -0.2) is 9.97 Å². The third-order valence-corrected chi connectivity index (χ3v) is 4.05. The highest BCUT2D eigenvalue weighted by atomic mass is 16.5. The Balaban J connectivity index is 1.83. The highest BCUT2D eigenvalue weighted by molar-refractivity contribution is 5.97. The summed E-state index contributed by atoms with van der Waals surface area (Å²) in [6.45, 7) is 1.91. The van der Waals surface area contributed by atoms with E-state index in [-0.39, 0.29) is 23.5 Å². The Morgan fingerprint density at radius 1 is 1.12 bits per heavy atom. The van der Waals surface area contributed by atoms with Crippen molar-refractivity contribution in [2.75, 3.05) is 12.8 Å². The molecule has 3 rings (SSSR count). The number of methoxy groups -OCH3 is 1. The van der Waals surface area contributed by atoms with Gasteiger partial charge in [-0.1, -0.05) is 30.3 Å². The van der Waals surface area contributed by atoms with Gasteiger partial charge < -0.3 is 15.8 Å². The van der Waals surface area contributed by atoms with Gasteiger partial charge in [0.05, 0.1) is 25.0 Å². The van der Waals surface area contributed by atoms with Crippen LogP contribution >= 0.6 is 0 Å². The first kappa shape index (κ1) is 17.4. The minimum Gasteiger partial charge on any atom is -0.497 e. The monoisotopic (exact) mass is 348 g/mol. The zero-order chi connectivity index (χ0) is 18.5. The summed E-state index contributed by atoms with van der Waals surface area (Å²) in [6.07, 6.45) is 1.55. The van der Waals surface area contributed by atoms with E-state index in [1.165, 1.54) is 0 Å². The topological polar surface area (TPSA) is 90.1 Å². The van der Waals surface area contributed by atoms with Gasteiger partial charge >= 0.3 is 0 Å². The molecule has 0 aliphatic heterocycles. The second-order valence-corrected chi connectivity index (χ2v) is 5.82. The van der Waals surface area contributed by atoms with Crippen LogP contribution in [0, 0.1) is 0 Å². The number of amides is 1. The standard InChI is InChI=1S/C20H20N4O2/c1-13(14-6-4-3-5-7-14)23-20(25)18-19(21)22-12-17(24-18)15-8-10-16(26-2)11-9-15/h3-13H,1-2H3,(H2,21,22)(H,23,25)/t13-/m1/s1. The van der Waals surface area contributed by atoms with Crippen LogP contribution < -0.4 is 15.8 Å². The van der Waals surface area contributed by atoms with Crippen molar-refractivity contribution >= 4 is 11.7 Å². The van der Waals surface area contributed by atoms with Crippen molar-refractivity contribution in [3.05, 3.63) is 72.1 Å². The normalized spacial score (nSPS) is 11.6. The number of hydrogen-bond acceptors (Lipinski definition) is 5. The second kappa shape index (κ2) is 7.65. The molecule has 0 saturated heterocycles. The first-order chi connectivity index (χ1) is 12.6. The van der Waals surface area contributed by atoms with Crippen molar-refractivity contribution in [1.82, 2.24) is 15.3 Å². The molecule has 6 heteroatoms. The number of ether oxygens (including phenoxy) is 1. The van der Waals surface area contributed by atoms with Crippen molar-refractivity contribution in [3.8, 4) is 17.0 Å². The highest BCUT2D eigenvalue weighted by Gasteiger charge is 2.17. The largest absolute Gasteiger partial charge is 0.497 e. The number of anilines is 1. The fourth-order valence-corrected chi connectivity index (χ4v) is 2.56. The van der Waals surface area contributed by atoms with Gasteiger partial charge in [0.15, 0.2) is 11.5 Å². The third kappa shape index (κ3) is 3.80. The molecule has 0 spiro atoms. The molecule has 0 aliphatic carbocycles. The molecule has 0 fully saturated rings. The van der Waals surface area contributed by atoms with Gasteiger partial charge in [-0.05, 0) is 36.8 Å². The van der Waals surface area contributed by atoms with E-state index in [1.807, 2.05) is 61.5 Å². The number of nitrogen functional groups attached to an aromatic ring is 1. The molecule has 2 aromatic carbocycles. The summed E-state index contributed by atoms with van der Waals surface area (Å²) < 4.78 is 5.15. The third-order valence-electron chi connectivity index (χ3n) is 4.05. The molecular weight excluding hydrogens is 328 g/mol. The van der Waals surface area contributed by atoms with Gasteiger partial charge in [-0.2, -0.15) is 0 Å². The van der Waals surface area contributed by atoms with Crippen LogP contribution in [0.15, 0.2) is 60.8 Å². The van der Waals surface area contributed by atoms with Crippen LogP contribution in [0.3, 0.4) is 0 Å². The van der Waals surface area contributed by atoms with Gasteiger partial charge in [0.2, 0.25) is 0 Å². The van der Waals surface area contributed by atoms with Crippen molar-refractivity contribution in [3.63, 3.8) is 0 Å². The van der Waals surface area contributed by atoms with Crippen LogP contribution in [0.25, 0.3) is 11.3 Å². The van der Waals surface area contributed by atoms with Gasteiger partial charge in [0, 0.05) is 5.56 Å². The molecule has 1 heterocycles. The van der Waals surface area contributed by atoms with E-state index in [4.69, 9.17) is 10.5 Å². The average molecular weight is 348 g/mol. The smallest absolute Gasteiger partial charge is 0.274 e. The number of nitrogens with two attached hydrogens (primary N) is 1. The maximum Gasteiger partial charge on any atom is 0.274 e. The average Bonchev–Trinajstić information content (AvgIpc) is 2.69. The van der Waals surface area contributed by atoms with Gasteiger partial charge in [0.1, 0.15) is 5.75 Å². The molecule has 1 aromatic heterocycles. The summed E-state index contributed by atoms with van der Waals surface area (Å²) >= 11 is 0. The lowest BCUT2D eigenvalue weighted by atomic mass is 10.1. The Kier molecular flexibility index (Phi) is 5.12. The molecule has 0 unspecified atom stereocenters. The molecule has 0 radical (unpaired) electrons. The van der Waals surface area contributed by atoms with E-state index in [0.717, 1.165) is 16.9 Å². The Morgan fingerprint density at radius 2 is 1.81 bits per heavy atom. The van der Waals surface area contributed by atoms with Crippen LogP contribution in [-0.2, 0) is 0 Å². The summed E-state index contributed by atoms with van der Waals surface area (Å²) in [5, 5.41) is 2.91. The van der Waals surface area contributed by atoms with Crippen LogP contribution in [0.5, 0.6) is 5.75 Å². The number of carbonyl (C=O) groups excluding carboxylic acids is 1. The summed E-state index contributed by atoms with van der Waals surface area (Å²) in [7, 11) is 1.61. The molecule has 3 aromatic rings. The van der Waals surface area contributed by atoms with Crippen molar-refractivity contribution in [2.24, 2.45) is 0 Å². The molecule has 132 valence electrons. The lowest BCUT2D eigenvalue weighted by Gasteiger charge is -2.15. The molecule has 1 atom stereocenters. The number of rotatable bonds is 5. The minimum absolute atomic E-state index is 0.0972. The molecule has 26 heavy (non-hydrogen) atoms. The van der Waals surface area contributed by atoms with Crippen LogP contribution in [0.2, 0.25) is 0 Å². The van der Waals surface area contributed by atoms with Crippen molar-refractivity contribution in [1.29, 1.82) is 0 Å². The predicted octanol–water partition coefficient (Wildman–Crippen LogP) is 3.23. The van der Waals surface area contributed by atoms with E-state index in [1.54, 1.807) is 13.3 Å². The zero-order valence-corrected chi connectivity index (χ0v) is 14.6. The maximum absolute atomic E-state index is 12.6. The van der Waals surface area contributed by atoms with Crippen molar-refractivity contribution < 1.29 is 9.53 Å². The van der Waals surface area contributed by atoms with Gasteiger partial charge in [-0.15, -0.1) is 0 Å². The Labute approximate surface area is 152 Å². The Morgan fingerprint density at radius 3 is 2.46 bits per heavy atom. The molecule has 0 saturated carbocycles. The van der Waals surface area contributed by atoms with E-state index in [2.05, 4.69) is 15.3 Å². The molecule has 0 bridgehead atoms. The lowest BCUT2D eigenvalue weighted by Crippen LogP contribution is -2.28. The number of carbonyl (C=O) groups is 1. The van der Waals surface area contributed by atoms with Gasteiger partial charge in [-0.3, -0.25) is 4.79 Å². The molecule has 1 amide bonds. The van der Waals surface area contributed by atoms with Gasteiger partial charge in [0.25, 0.3) is 5.91 Å². The van der Waals surface area contributed by atoms with Crippen LogP contribution in [-0.4, -0.2) is 23.0 Å². The van der Waals surface area contributed by atoms with E-state index in [0.29, 0.717) is 5.69 Å². The maximum atomic E-state index is 12.6. The minimum atomic E-state index is -0.360. The highest BCUT2D eigenvalue weighted by Crippen LogP contribution is 2.22. The Bertz CT molecular complexity index is 895. The molecule has 6 nitrogen and oxygen atoms in total. The summed E-state index contributed by atoms with van der Waals surface area (Å²) in [5.41, 5.74) is 8.38. The van der Waals surface area contributed by atoms with E-state index < -0.39 is 0 Å². The van der Waals surface area contributed by atoms with Crippen LogP contribution in [0.1, 0.15) is 29.0 Å². The first-order valence-corrected chi connectivity index (χ1v) is 8.21. The van der Waals surface area contributed by atoms with Crippen LogP contribution in [0.4, 0.5) is 5.82 Å². The van der Waals surface area contributed by atoms with E-state index >= 15 is 0 Å².